The molecule has 120 valence electrons. The Bertz CT molecular complexity index is 816. The van der Waals surface area contributed by atoms with Gasteiger partial charge < -0.3 is 9.64 Å². The lowest BCUT2D eigenvalue weighted by Crippen LogP contribution is -2.36. The first-order chi connectivity index (χ1) is 11.7. The van der Waals surface area contributed by atoms with E-state index in [-0.39, 0.29) is 11.5 Å². The Morgan fingerprint density at radius 1 is 1.21 bits per heavy atom. The van der Waals surface area contributed by atoms with Gasteiger partial charge in [-0.2, -0.15) is 5.26 Å². The number of nitriles is 1. The maximum absolute atomic E-state index is 12.8. The lowest BCUT2D eigenvalue weighted by molar-refractivity contribution is -0.114. The first kappa shape index (κ1) is 15.8. The summed E-state index contributed by atoms with van der Waals surface area (Å²) in [5.41, 5.74) is 2.99. The van der Waals surface area contributed by atoms with Gasteiger partial charge in [0.1, 0.15) is 17.4 Å². The Morgan fingerprint density at radius 2 is 1.96 bits per heavy atom. The van der Waals surface area contributed by atoms with Crippen LogP contribution in [0.25, 0.3) is 6.08 Å². The quantitative estimate of drug-likeness (QED) is 0.642. The molecular weight excluding hydrogens is 300 g/mol. The third-order valence-corrected chi connectivity index (χ3v) is 4.13. The highest BCUT2D eigenvalue weighted by molar-refractivity contribution is 6.11. The summed E-state index contributed by atoms with van der Waals surface area (Å²) in [5, 5.41) is 9.45. The highest BCUT2D eigenvalue weighted by Gasteiger charge is 2.24. The van der Waals surface area contributed by atoms with Gasteiger partial charge in [0.25, 0.3) is 5.91 Å². The van der Waals surface area contributed by atoms with Crippen LogP contribution in [-0.4, -0.2) is 19.6 Å². The van der Waals surface area contributed by atoms with E-state index < -0.39 is 0 Å². The van der Waals surface area contributed by atoms with E-state index in [0.29, 0.717) is 6.54 Å². The zero-order chi connectivity index (χ0) is 16.9. The molecule has 0 fully saturated rings. The van der Waals surface area contributed by atoms with Gasteiger partial charge in [-0.3, -0.25) is 4.79 Å². The molecule has 0 radical (unpaired) electrons. The molecule has 0 spiro atoms. The van der Waals surface area contributed by atoms with Gasteiger partial charge in [0.2, 0.25) is 0 Å². The maximum Gasteiger partial charge on any atom is 0.268 e. The van der Waals surface area contributed by atoms with Gasteiger partial charge in [-0.1, -0.05) is 30.3 Å². The van der Waals surface area contributed by atoms with Crippen molar-refractivity contribution in [1.29, 1.82) is 5.26 Å². The molecule has 0 bridgehead atoms. The number of anilines is 1. The second-order valence-electron chi connectivity index (χ2n) is 5.63. The van der Waals surface area contributed by atoms with Crippen LogP contribution >= 0.6 is 0 Å². The van der Waals surface area contributed by atoms with Crippen LogP contribution in [0.1, 0.15) is 17.5 Å². The highest BCUT2D eigenvalue weighted by atomic mass is 16.5. The average Bonchev–Trinajstić information content (AvgIpc) is 2.65. The molecular formula is C20H18N2O2. The number of amides is 1. The van der Waals surface area contributed by atoms with Crippen molar-refractivity contribution in [3.63, 3.8) is 0 Å². The standard InChI is InChI=1S/C20H18N2O2/c1-24-18-10-8-15(9-11-18)13-17(14-21)20(23)22-12-4-6-16-5-2-3-7-19(16)22/h2-3,5,7-11,13H,4,6,12H2,1H3/b17-13+. The fraction of sp³-hybridized carbons (Fsp3) is 0.200. The molecule has 24 heavy (non-hydrogen) atoms. The molecule has 2 aromatic carbocycles. The van der Waals surface area contributed by atoms with Crippen molar-refractivity contribution < 1.29 is 9.53 Å². The minimum absolute atomic E-state index is 0.136. The van der Waals surface area contributed by atoms with E-state index in [2.05, 4.69) is 0 Å². The van der Waals surface area contributed by atoms with Crippen LogP contribution in [-0.2, 0) is 11.2 Å². The van der Waals surface area contributed by atoms with Crippen LogP contribution in [0, 0.1) is 11.3 Å². The molecule has 0 N–H and O–H groups in total. The molecule has 4 nitrogen and oxygen atoms in total. The SMILES string of the molecule is COc1ccc(/C=C(\C#N)C(=O)N2CCCc3ccccc32)cc1. The summed E-state index contributed by atoms with van der Waals surface area (Å²) in [6.07, 6.45) is 3.49. The number of nitrogens with zero attached hydrogens (tertiary/aromatic N) is 2. The van der Waals surface area contributed by atoms with Crippen LogP contribution in [0.4, 0.5) is 5.69 Å². The van der Waals surface area contributed by atoms with Crippen molar-refractivity contribution in [1.82, 2.24) is 0 Å². The van der Waals surface area contributed by atoms with E-state index in [1.807, 2.05) is 54.6 Å². The van der Waals surface area contributed by atoms with Crippen molar-refractivity contribution in [2.45, 2.75) is 12.8 Å². The lowest BCUT2D eigenvalue weighted by Gasteiger charge is -2.29. The number of rotatable bonds is 3. The third kappa shape index (κ3) is 3.16. The third-order valence-electron chi connectivity index (χ3n) is 4.13. The minimum Gasteiger partial charge on any atom is -0.497 e. The number of hydrogen-bond donors (Lipinski definition) is 0. The Morgan fingerprint density at radius 3 is 2.67 bits per heavy atom. The molecule has 0 saturated carbocycles. The summed E-state index contributed by atoms with van der Waals surface area (Å²) in [6, 6.07) is 17.2. The van der Waals surface area contributed by atoms with E-state index in [4.69, 9.17) is 4.74 Å². The van der Waals surface area contributed by atoms with Crippen LogP contribution in [0.15, 0.2) is 54.1 Å². The minimum atomic E-state index is -0.250. The second-order valence-corrected chi connectivity index (χ2v) is 5.63. The van der Waals surface area contributed by atoms with Crippen molar-refractivity contribution >= 4 is 17.7 Å². The van der Waals surface area contributed by atoms with E-state index >= 15 is 0 Å². The summed E-state index contributed by atoms with van der Waals surface area (Å²) in [7, 11) is 1.60. The van der Waals surface area contributed by atoms with Gasteiger partial charge in [0.15, 0.2) is 0 Å². The fourth-order valence-electron chi connectivity index (χ4n) is 2.90. The molecule has 1 aliphatic rings. The lowest BCUT2D eigenvalue weighted by atomic mass is 10.0. The number of para-hydroxylation sites is 1. The van der Waals surface area contributed by atoms with Crippen molar-refractivity contribution in [2.75, 3.05) is 18.6 Å². The molecule has 0 atom stereocenters. The number of hydrogen-bond acceptors (Lipinski definition) is 3. The maximum atomic E-state index is 12.8. The van der Waals surface area contributed by atoms with Gasteiger partial charge in [-0.15, -0.1) is 0 Å². The molecule has 4 heteroatoms. The summed E-state index contributed by atoms with van der Waals surface area (Å²) in [6.45, 7) is 0.636. The number of fused-ring (bicyclic) bond motifs is 1. The topological polar surface area (TPSA) is 53.3 Å². The first-order valence-corrected chi connectivity index (χ1v) is 7.88. The molecule has 0 unspecified atom stereocenters. The zero-order valence-electron chi connectivity index (χ0n) is 13.5. The molecule has 1 aliphatic heterocycles. The average molecular weight is 318 g/mol. The van der Waals surface area contributed by atoms with Crippen molar-refractivity contribution in [3.8, 4) is 11.8 Å². The Labute approximate surface area is 141 Å². The van der Waals surface area contributed by atoms with E-state index in [0.717, 1.165) is 35.4 Å². The molecule has 1 heterocycles. The predicted molar refractivity (Wildman–Crippen MR) is 93.7 cm³/mol. The smallest absolute Gasteiger partial charge is 0.268 e. The first-order valence-electron chi connectivity index (χ1n) is 7.88. The second kappa shape index (κ2) is 7.01. The molecule has 2 aromatic rings. The van der Waals surface area contributed by atoms with Gasteiger partial charge >= 0.3 is 0 Å². The number of carbonyl (C=O) groups excluding carboxylic acids is 1. The number of aryl methyl sites for hydroxylation is 1. The summed E-state index contributed by atoms with van der Waals surface area (Å²) < 4.78 is 5.12. The number of methoxy groups -OCH3 is 1. The fourth-order valence-corrected chi connectivity index (χ4v) is 2.90. The van der Waals surface area contributed by atoms with Gasteiger partial charge in [0, 0.05) is 12.2 Å². The monoisotopic (exact) mass is 318 g/mol. The van der Waals surface area contributed by atoms with E-state index in [9.17, 15) is 10.1 Å². The van der Waals surface area contributed by atoms with Gasteiger partial charge in [-0.25, -0.2) is 0 Å². The van der Waals surface area contributed by atoms with Crippen molar-refractivity contribution in [3.05, 3.63) is 65.2 Å². The Balaban J connectivity index is 1.90. The molecule has 0 aliphatic carbocycles. The van der Waals surface area contributed by atoms with Crippen molar-refractivity contribution in [2.24, 2.45) is 0 Å². The van der Waals surface area contributed by atoms with Crippen LogP contribution in [0.3, 0.4) is 0 Å². The number of carbonyl (C=O) groups is 1. The largest absolute Gasteiger partial charge is 0.497 e. The van der Waals surface area contributed by atoms with Crippen LogP contribution in [0.5, 0.6) is 5.75 Å². The normalized spacial score (nSPS) is 13.8. The summed E-state index contributed by atoms with van der Waals surface area (Å²) >= 11 is 0. The zero-order valence-corrected chi connectivity index (χ0v) is 13.5. The van der Waals surface area contributed by atoms with Gasteiger partial charge in [0.05, 0.1) is 7.11 Å². The Kier molecular flexibility index (Phi) is 4.62. The summed E-state index contributed by atoms with van der Waals surface area (Å²) in [4.78, 5) is 14.5. The van der Waals surface area contributed by atoms with E-state index in [1.165, 1.54) is 0 Å². The van der Waals surface area contributed by atoms with Crippen LogP contribution in [0.2, 0.25) is 0 Å². The van der Waals surface area contributed by atoms with Gasteiger partial charge in [-0.05, 0) is 48.2 Å². The molecule has 0 aromatic heterocycles. The predicted octanol–water partition coefficient (Wildman–Crippen LogP) is 3.58. The van der Waals surface area contributed by atoms with Crippen LogP contribution < -0.4 is 9.64 Å². The number of ether oxygens (including phenoxy) is 1. The Hall–Kier alpha value is -3.06. The molecule has 1 amide bonds. The highest BCUT2D eigenvalue weighted by Crippen LogP contribution is 2.28. The molecule has 0 saturated heterocycles. The van der Waals surface area contributed by atoms with E-state index in [1.54, 1.807) is 18.1 Å². The summed E-state index contributed by atoms with van der Waals surface area (Å²) in [5.74, 6) is 0.488. The number of benzene rings is 2. The molecule has 3 rings (SSSR count).